The van der Waals surface area contributed by atoms with Crippen molar-refractivity contribution >= 4 is 17.3 Å². The van der Waals surface area contributed by atoms with E-state index in [1.165, 1.54) is 11.1 Å². The average Bonchev–Trinajstić information content (AvgIpc) is 2.57. The molecule has 128 valence electrons. The van der Waals surface area contributed by atoms with Crippen molar-refractivity contribution in [2.24, 2.45) is 0 Å². The number of pyridine rings is 1. The summed E-state index contributed by atoms with van der Waals surface area (Å²) in [6, 6.07) is 8.14. The zero-order valence-corrected chi connectivity index (χ0v) is 15.1. The van der Waals surface area contributed by atoms with Crippen molar-refractivity contribution in [2.45, 2.75) is 40.5 Å². The highest BCUT2D eigenvalue weighted by Gasteiger charge is 2.15. The summed E-state index contributed by atoms with van der Waals surface area (Å²) in [4.78, 5) is 18.8. The van der Waals surface area contributed by atoms with E-state index in [1.807, 2.05) is 11.0 Å². The third kappa shape index (κ3) is 4.57. The number of aromatic nitrogens is 1. The summed E-state index contributed by atoms with van der Waals surface area (Å²) in [7, 11) is 0. The second-order valence-electron chi connectivity index (χ2n) is 6.20. The number of hydrogen-bond acceptors (Lipinski definition) is 3. The van der Waals surface area contributed by atoms with E-state index >= 15 is 0 Å². The highest BCUT2D eigenvalue weighted by Crippen LogP contribution is 2.22. The van der Waals surface area contributed by atoms with Gasteiger partial charge in [0.2, 0.25) is 0 Å². The monoisotopic (exact) mass is 325 g/mol. The van der Waals surface area contributed by atoms with Crippen molar-refractivity contribution in [1.82, 2.24) is 9.88 Å². The Labute approximate surface area is 144 Å². The predicted octanol–water partition coefficient (Wildman–Crippen LogP) is 4.70. The molecule has 0 saturated heterocycles. The molecule has 0 unspecified atom stereocenters. The lowest BCUT2D eigenvalue weighted by Gasteiger charge is -2.21. The van der Waals surface area contributed by atoms with Gasteiger partial charge < -0.3 is 10.2 Å². The third-order valence-electron chi connectivity index (χ3n) is 3.92. The molecule has 0 fully saturated rings. The van der Waals surface area contributed by atoms with Gasteiger partial charge in [-0.15, -0.1) is 0 Å². The summed E-state index contributed by atoms with van der Waals surface area (Å²) < 4.78 is 0. The molecule has 0 atom stereocenters. The molecular formula is C20H27N3O. The lowest BCUT2D eigenvalue weighted by molar-refractivity contribution is 0.0755. The van der Waals surface area contributed by atoms with Crippen molar-refractivity contribution in [3.05, 3.63) is 53.3 Å². The molecule has 4 nitrogen and oxygen atoms in total. The van der Waals surface area contributed by atoms with Crippen LogP contribution in [0.25, 0.3) is 0 Å². The van der Waals surface area contributed by atoms with Gasteiger partial charge in [-0.25, -0.2) is 0 Å². The topological polar surface area (TPSA) is 45.2 Å². The minimum absolute atomic E-state index is 0.0514. The predicted molar refractivity (Wildman–Crippen MR) is 99.9 cm³/mol. The maximum absolute atomic E-state index is 12.7. The summed E-state index contributed by atoms with van der Waals surface area (Å²) in [6.45, 7) is 9.89. The molecule has 2 rings (SSSR count). The van der Waals surface area contributed by atoms with Crippen LogP contribution in [0.4, 0.5) is 11.4 Å². The molecule has 0 radical (unpaired) electrons. The second kappa shape index (κ2) is 8.48. The third-order valence-corrected chi connectivity index (χ3v) is 3.92. The molecule has 0 aliphatic heterocycles. The van der Waals surface area contributed by atoms with Crippen molar-refractivity contribution in [3.8, 4) is 0 Å². The highest BCUT2D eigenvalue weighted by molar-refractivity contribution is 5.95. The van der Waals surface area contributed by atoms with Crippen molar-refractivity contribution in [3.63, 3.8) is 0 Å². The molecule has 1 amide bonds. The maximum atomic E-state index is 12.7. The number of nitrogens with one attached hydrogen (secondary N) is 1. The van der Waals surface area contributed by atoms with Crippen LogP contribution in [0, 0.1) is 13.8 Å². The Hall–Kier alpha value is -2.36. The number of nitrogens with zero attached hydrogens (tertiary/aromatic N) is 2. The minimum Gasteiger partial charge on any atom is -0.354 e. The van der Waals surface area contributed by atoms with E-state index in [4.69, 9.17) is 0 Å². The summed E-state index contributed by atoms with van der Waals surface area (Å²) in [6.07, 6.45) is 5.31. The smallest absolute Gasteiger partial charge is 0.255 e. The average molecular weight is 325 g/mol. The number of aryl methyl sites for hydroxylation is 2. The standard InChI is InChI=1S/C20H27N3O/c1-5-9-23(10-6-2)20(24)17-12-18(14-21-13-17)22-19-8-7-15(3)11-16(19)4/h7-8,11-14,22H,5-6,9-10H2,1-4H3. The van der Waals surface area contributed by atoms with Gasteiger partial charge in [0.25, 0.3) is 5.91 Å². The summed E-state index contributed by atoms with van der Waals surface area (Å²) in [5.41, 5.74) is 4.90. The van der Waals surface area contributed by atoms with Crippen LogP contribution in [-0.2, 0) is 0 Å². The summed E-state index contributed by atoms with van der Waals surface area (Å²) in [5.74, 6) is 0.0514. The molecule has 0 spiro atoms. The number of carbonyl (C=O) groups is 1. The van der Waals surface area contributed by atoms with Crippen LogP contribution in [0.5, 0.6) is 0 Å². The SMILES string of the molecule is CCCN(CCC)C(=O)c1cncc(Nc2ccc(C)cc2C)c1. The van der Waals surface area contributed by atoms with E-state index in [1.54, 1.807) is 12.4 Å². The van der Waals surface area contributed by atoms with Crippen LogP contribution in [-0.4, -0.2) is 28.9 Å². The number of carbonyl (C=O) groups excluding carboxylic acids is 1. The van der Waals surface area contributed by atoms with Gasteiger partial charge in [-0.1, -0.05) is 31.5 Å². The molecule has 24 heavy (non-hydrogen) atoms. The van der Waals surface area contributed by atoms with Gasteiger partial charge in [0.05, 0.1) is 17.4 Å². The number of amides is 1. The molecule has 0 aliphatic carbocycles. The molecule has 0 bridgehead atoms. The van der Waals surface area contributed by atoms with Crippen LogP contribution in [0.2, 0.25) is 0 Å². The zero-order valence-electron chi connectivity index (χ0n) is 15.1. The molecule has 4 heteroatoms. The second-order valence-corrected chi connectivity index (χ2v) is 6.20. The number of anilines is 2. The molecular weight excluding hydrogens is 298 g/mol. The normalized spacial score (nSPS) is 10.5. The van der Waals surface area contributed by atoms with Gasteiger partial charge in [-0.05, 0) is 44.4 Å². The van der Waals surface area contributed by atoms with E-state index in [9.17, 15) is 4.79 Å². The van der Waals surface area contributed by atoms with Crippen molar-refractivity contribution in [1.29, 1.82) is 0 Å². The first-order valence-corrected chi connectivity index (χ1v) is 8.63. The first-order chi connectivity index (χ1) is 11.5. The highest BCUT2D eigenvalue weighted by atomic mass is 16.2. The Balaban J connectivity index is 2.20. The van der Waals surface area contributed by atoms with Crippen LogP contribution in [0.3, 0.4) is 0 Å². The summed E-state index contributed by atoms with van der Waals surface area (Å²) >= 11 is 0. The molecule has 0 saturated carbocycles. The van der Waals surface area contributed by atoms with E-state index in [-0.39, 0.29) is 5.91 Å². The number of benzene rings is 1. The first-order valence-electron chi connectivity index (χ1n) is 8.63. The Bertz CT molecular complexity index is 691. The van der Waals surface area contributed by atoms with Gasteiger partial charge in [-0.3, -0.25) is 9.78 Å². The zero-order chi connectivity index (χ0) is 17.5. The van der Waals surface area contributed by atoms with Gasteiger partial charge >= 0.3 is 0 Å². The molecule has 1 N–H and O–H groups in total. The van der Waals surface area contributed by atoms with Gasteiger partial charge in [0, 0.05) is 25.0 Å². The molecule has 2 aromatic rings. The minimum atomic E-state index is 0.0514. The van der Waals surface area contributed by atoms with Crippen LogP contribution < -0.4 is 5.32 Å². The Morgan fingerprint density at radius 2 is 1.79 bits per heavy atom. The maximum Gasteiger partial charge on any atom is 0.255 e. The molecule has 1 aromatic carbocycles. The quantitative estimate of drug-likeness (QED) is 0.802. The largest absolute Gasteiger partial charge is 0.354 e. The van der Waals surface area contributed by atoms with Crippen LogP contribution in [0.1, 0.15) is 48.2 Å². The fraction of sp³-hybridized carbons (Fsp3) is 0.400. The number of hydrogen-bond donors (Lipinski definition) is 1. The first kappa shape index (κ1) is 18.0. The summed E-state index contributed by atoms with van der Waals surface area (Å²) in [5, 5.41) is 3.36. The molecule has 1 heterocycles. The fourth-order valence-electron chi connectivity index (χ4n) is 2.77. The molecule has 1 aromatic heterocycles. The van der Waals surface area contributed by atoms with E-state index in [2.05, 4.69) is 56.2 Å². The lowest BCUT2D eigenvalue weighted by atomic mass is 10.1. The lowest BCUT2D eigenvalue weighted by Crippen LogP contribution is -2.32. The van der Waals surface area contributed by atoms with E-state index < -0.39 is 0 Å². The van der Waals surface area contributed by atoms with Crippen LogP contribution >= 0.6 is 0 Å². The van der Waals surface area contributed by atoms with Crippen molar-refractivity contribution in [2.75, 3.05) is 18.4 Å². The Morgan fingerprint density at radius 3 is 2.42 bits per heavy atom. The van der Waals surface area contributed by atoms with E-state index in [0.29, 0.717) is 5.56 Å². The van der Waals surface area contributed by atoms with Gasteiger partial charge in [0.15, 0.2) is 0 Å². The Morgan fingerprint density at radius 1 is 1.08 bits per heavy atom. The Kier molecular flexibility index (Phi) is 6.36. The van der Waals surface area contributed by atoms with Crippen LogP contribution in [0.15, 0.2) is 36.7 Å². The van der Waals surface area contributed by atoms with Gasteiger partial charge in [0.1, 0.15) is 0 Å². The fourth-order valence-corrected chi connectivity index (χ4v) is 2.77. The van der Waals surface area contributed by atoms with E-state index in [0.717, 1.165) is 37.3 Å². The molecule has 0 aliphatic rings. The number of rotatable bonds is 7. The van der Waals surface area contributed by atoms with Crippen molar-refractivity contribution < 1.29 is 4.79 Å². The van der Waals surface area contributed by atoms with Gasteiger partial charge in [-0.2, -0.15) is 0 Å².